The maximum atomic E-state index is 12.4. The highest BCUT2D eigenvalue weighted by molar-refractivity contribution is 7.89. The molecular formula is C14H19NO6S. The number of hydrogen-bond acceptors (Lipinski definition) is 5. The van der Waals surface area contributed by atoms with Gasteiger partial charge in [-0.2, -0.15) is 4.72 Å². The van der Waals surface area contributed by atoms with Gasteiger partial charge in [-0.15, -0.1) is 0 Å². The first kappa shape index (κ1) is 16.6. The third-order valence-electron chi connectivity index (χ3n) is 3.24. The van der Waals surface area contributed by atoms with Crippen molar-refractivity contribution < 1.29 is 27.8 Å². The molecule has 8 heteroatoms. The lowest BCUT2D eigenvalue weighted by atomic mass is 10.1. The molecule has 122 valence electrons. The summed E-state index contributed by atoms with van der Waals surface area (Å²) in [7, 11) is -3.96. The van der Waals surface area contributed by atoms with Crippen LogP contribution in [-0.2, 0) is 14.8 Å². The van der Waals surface area contributed by atoms with Crippen LogP contribution in [0.4, 0.5) is 0 Å². The normalized spacial score (nSPS) is 16.1. The fraction of sp³-hybridized carbons (Fsp3) is 0.500. The molecule has 2 rings (SSSR count). The van der Waals surface area contributed by atoms with E-state index < -0.39 is 22.0 Å². The van der Waals surface area contributed by atoms with Gasteiger partial charge in [0.05, 0.1) is 18.1 Å². The Morgan fingerprint density at radius 2 is 1.86 bits per heavy atom. The van der Waals surface area contributed by atoms with Gasteiger partial charge in [-0.05, 0) is 18.1 Å². The summed E-state index contributed by atoms with van der Waals surface area (Å²) >= 11 is 0. The Hall–Kier alpha value is -1.80. The van der Waals surface area contributed by atoms with E-state index in [1.165, 1.54) is 18.2 Å². The summed E-state index contributed by atoms with van der Waals surface area (Å²) in [5, 5.41) is 9.11. The second-order valence-corrected chi connectivity index (χ2v) is 7.05. The van der Waals surface area contributed by atoms with Gasteiger partial charge < -0.3 is 14.6 Å². The van der Waals surface area contributed by atoms with Gasteiger partial charge in [0.25, 0.3) is 0 Å². The Labute approximate surface area is 129 Å². The standard InChI is InChI=1S/C14H19NO6S/c1-9(2)13(14(16)17)15-22(18,19)10-4-5-11-12(8-10)21-7-3-6-20-11/h4-5,8-9,13,15H,3,6-7H2,1-2H3,(H,16,17)/t13-/m1/s1. The number of carbonyl (C=O) groups is 1. The van der Waals surface area contributed by atoms with Crippen LogP contribution in [-0.4, -0.2) is 38.7 Å². The van der Waals surface area contributed by atoms with E-state index in [9.17, 15) is 13.2 Å². The molecule has 22 heavy (non-hydrogen) atoms. The van der Waals surface area contributed by atoms with Crippen LogP contribution in [0.2, 0.25) is 0 Å². The van der Waals surface area contributed by atoms with E-state index in [2.05, 4.69) is 4.72 Å². The van der Waals surface area contributed by atoms with Crippen molar-refractivity contribution in [1.29, 1.82) is 0 Å². The van der Waals surface area contributed by atoms with Crippen LogP contribution in [0.5, 0.6) is 11.5 Å². The van der Waals surface area contributed by atoms with Crippen LogP contribution in [0.3, 0.4) is 0 Å². The lowest BCUT2D eigenvalue weighted by molar-refractivity contribution is -0.140. The van der Waals surface area contributed by atoms with Crippen LogP contribution in [0.1, 0.15) is 20.3 Å². The molecule has 0 fully saturated rings. The Bertz CT molecular complexity index is 655. The van der Waals surface area contributed by atoms with E-state index in [1.807, 2.05) is 0 Å². The number of fused-ring (bicyclic) bond motifs is 1. The predicted octanol–water partition coefficient (Wildman–Crippen LogP) is 1.24. The maximum absolute atomic E-state index is 12.4. The third-order valence-corrected chi connectivity index (χ3v) is 4.68. The van der Waals surface area contributed by atoms with Gasteiger partial charge in [0.1, 0.15) is 6.04 Å². The average Bonchev–Trinajstić information content (AvgIpc) is 2.68. The number of carboxylic acids is 1. The van der Waals surface area contributed by atoms with Crippen LogP contribution in [0.25, 0.3) is 0 Å². The van der Waals surface area contributed by atoms with Gasteiger partial charge in [-0.25, -0.2) is 8.42 Å². The molecule has 0 saturated heterocycles. The third kappa shape index (κ3) is 3.69. The van der Waals surface area contributed by atoms with Crippen molar-refractivity contribution in [2.24, 2.45) is 5.92 Å². The zero-order valence-electron chi connectivity index (χ0n) is 12.4. The molecule has 1 aromatic rings. The lowest BCUT2D eigenvalue weighted by Gasteiger charge is -2.18. The molecule has 1 aromatic carbocycles. The second-order valence-electron chi connectivity index (χ2n) is 5.34. The Balaban J connectivity index is 2.29. The van der Waals surface area contributed by atoms with E-state index >= 15 is 0 Å². The first-order valence-corrected chi connectivity index (χ1v) is 8.44. The van der Waals surface area contributed by atoms with E-state index in [0.717, 1.165) is 0 Å². The maximum Gasteiger partial charge on any atom is 0.322 e. The molecule has 0 bridgehead atoms. The van der Waals surface area contributed by atoms with Gasteiger partial charge in [-0.1, -0.05) is 13.8 Å². The van der Waals surface area contributed by atoms with E-state index in [1.54, 1.807) is 13.8 Å². The molecule has 1 aliphatic heterocycles. The van der Waals surface area contributed by atoms with Crippen molar-refractivity contribution in [3.63, 3.8) is 0 Å². The predicted molar refractivity (Wildman–Crippen MR) is 78.6 cm³/mol. The molecule has 0 radical (unpaired) electrons. The number of ether oxygens (including phenoxy) is 2. The fourth-order valence-corrected chi connectivity index (χ4v) is 3.37. The summed E-state index contributed by atoms with van der Waals surface area (Å²) in [6, 6.07) is 3.04. The van der Waals surface area contributed by atoms with Crippen LogP contribution >= 0.6 is 0 Å². The summed E-state index contributed by atoms with van der Waals surface area (Å²) in [5.41, 5.74) is 0. The van der Waals surface area contributed by atoms with Crippen LogP contribution < -0.4 is 14.2 Å². The van der Waals surface area contributed by atoms with Crippen molar-refractivity contribution in [2.75, 3.05) is 13.2 Å². The van der Waals surface area contributed by atoms with Crippen LogP contribution in [0, 0.1) is 5.92 Å². The monoisotopic (exact) mass is 329 g/mol. The SMILES string of the molecule is CC(C)[C@@H](NS(=O)(=O)c1ccc2c(c1)OCCCO2)C(=O)O. The molecule has 7 nitrogen and oxygen atoms in total. The molecule has 1 atom stereocenters. The molecule has 1 heterocycles. The summed E-state index contributed by atoms with van der Waals surface area (Å²) in [4.78, 5) is 11.1. The summed E-state index contributed by atoms with van der Waals surface area (Å²) in [6.45, 7) is 4.21. The first-order chi connectivity index (χ1) is 10.3. The Morgan fingerprint density at radius 3 is 2.45 bits per heavy atom. The summed E-state index contributed by atoms with van der Waals surface area (Å²) in [6.07, 6.45) is 0.712. The largest absolute Gasteiger partial charge is 0.490 e. The molecule has 0 saturated carbocycles. The zero-order valence-corrected chi connectivity index (χ0v) is 13.2. The number of benzene rings is 1. The van der Waals surface area contributed by atoms with Gasteiger partial charge in [0.15, 0.2) is 11.5 Å². The van der Waals surface area contributed by atoms with Gasteiger partial charge >= 0.3 is 5.97 Å². The molecule has 0 spiro atoms. The number of nitrogens with one attached hydrogen (secondary N) is 1. The number of hydrogen-bond donors (Lipinski definition) is 2. The fourth-order valence-electron chi connectivity index (χ4n) is 2.02. The molecule has 0 unspecified atom stereocenters. The van der Waals surface area contributed by atoms with Crippen LogP contribution in [0.15, 0.2) is 23.1 Å². The Morgan fingerprint density at radius 1 is 1.23 bits per heavy atom. The quantitative estimate of drug-likeness (QED) is 0.842. The highest BCUT2D eigenvalue weighted by Gasteiger charge is 2.28. The molecule has 0 aliphatic carbocycles. The van der Waals surface area contributed by atoms with E-state index in [0.29, 0.717) is 31.1 Å². The lowest BCUT2D eigenvalue weighted by Crippen LogP contribution is -2.44. The van der Waals surface area contributed by atoms with Crippen molar-refractivity contribution in [2.45, 2.75) is 31.2 Å². The van der Waals surface area contributed by atoms with Crippen molar-refractivity contribution >= 4 is 16.0 Å². The number of aliphatic carboxylic acids is 1. The Kier molecular flexibility index (Phi) is 4.92. The number of rotatable bonds is 5. The molecule has 0 amide bonds. The smallest absolute Gasteiger partial charge is 0.322 e. The summed E-state index contributed by atoms with van der Waals surface area (Å²) in [5.74, 6) is -0.771. The molecule has 1 aliphatic rings. The number of carboxylic acid groups (broad SMARTS) is 1. The van der Waals surface area contributed by atoms with E-state index in [-0.39, 0.29) is 10.8 Å². The number of sulfonamides is 1. The van der Waals surface area contributed by atoms with Crippen molar-refractivity contribution in [3.05, 3.63) is 18.2 Å². The minimum absolute atomic E-state index is 0.0522. The first-order valence-electron chi connectivity index (χ1n) is 6.96. The molecule has 0 aromatic heterocycles. The minimum Gasteiger partial charge on any atom is -0.490 e. The van der Waals surface area contributed by atoms with Crippen molar-refractivity contribution in [1.82, 2.24) is 4.72 Å². The van der Waals surface area contributed by atoms with Gasteiger partial charge in [0, 0.05) is 12.5 Å². The molecular weight excluding hydrogens is 310 g/mol. The van der Waals surface area contributed by atoms with Crippen molar-refractivity contribution in [3.8, 4) is 11.5 Å². The van der Waals surface area contributed by atoms with Gasteiger partial charge in [-0.3, -0.25) is 4.79 Å². The topological polar surface area (TPSA) is 102 Å². The average molecular weight is 329 g/mol. The van der Waals surface area contributed by atoms with E-state index in [4.69, 9.17) is 14.6 Å². The highest BCUT2D eigenvalue weighted by atomic mass is 32.2. The summed E-state index contributed by atoms with van der Waals surface area (Å²) < 4.78 is 37.8. The van der Waals surface area contributed by atoms with Gasteiger partial charge in [0.2, 0.25) is 10.0 Å². The second kappa shape index (κ2) is 6.53. The molecule has 2 N–H and O–H groups in total. The minimum atomic E-state index is -3.96. The highest BCUT2D eigenvalue weighted by Crippen LogP contribution is 2.32. The zero-order chi connectivity index (χ0) is 16.3.